The predicted octanol–water partition coefficient (Wildman–Crippen LogP) is 4.85. The Balaban J connectivity index is 2.02. The molecule has 1 N–H and O–H groups in total. The molecule has 0 aliphatic heterocycles. The summed E-state index contributed by atoms with van der Waals surface area (Å²) in [7, 11) is 0. The average Bonchev–Trinajstić information content (AvgIpc) is 2.80. The Kier molecular flexibility index (Phi) is 2.93. The van der Waals surface area contributed by atoms with Crippen molar-refractivity contribution in [1.82, 2.24) is 0 Å². The van der Waals surface area contributed by atoms with Crippen LogP contribution in [0.2, 0.25) is 0 Å². The van der Waals surface area contributed by atoms with Gasteiger partial charge in [-0.1, -0.05) is 69.3 Å². The van der Waals surface area contributed by atoms with E-state index in [1.165, 1.54) is 11.1 Å². The second-order valence-electron chi connectivity index (χ2n) is 6.49. The largest absolute Gasteiger partial charge is 0.508 e. The van der Waals surface area contributed by atoms with E-state index in [4.69, 9.17) is 0 Å². The van der Waals surface area contributed by atoms with Gasteiger partial charge >= 0.3 is 0 Å². The Hall–Kier alpha value is -2.02. The van der Waals surface area contributed by atoms with E-state index in [1.807, 2.05) is 6.07 Å². The maximum absolute atomic E-state index is 10.3. The Labute approximate surface area is 120 Å². The SMILES string of the molecule is CC(C)(C)c1ccc(C2C=Cc3ccccc32)cc1O. The minimum Gasteiger partial charge on any atom is -0.508 e. The molecule has 0 fully saturated rings. The standard InChI is InChI=1S/C19H20O/c1-19(2,3)17-11-9-14(12-18(17)20)16-10-8-13-6-4-5-7-15(13)16/h4-12,16,20H,1-3H3. The molecule has 1 heteroatoms. The lowest BCUT2D eigenvalue weighted by atomic mass is 9.84. The Morgan fingerprint density at radius 1 is 1.00 bits per heavy atom. The maximum atomic E-state index is 10.3. The van der Waals surface area contributed by atoms with Crippen molar-refractivity contribution in [3.8, 4) is 5.75 Å². The number of hydrogen-bond donors (Lipinski definition) is 1. The molecule has 0 bridgehead atoms. The van der Waals surface area contributed by atoms with E-state index in [1.54, 1.807) is 0 Å². The van der Waals surface area contributed by atoms with Crippen molar-refractivity contribution >= 4 is 6.08 Å². The van der Waals surface area contributed by atoms with Gasteiger partial charge in [0.05, 0.1) is 0 Å². The van der Waals surface area contributed by atoms with Crippen molar-refractivity contribution in [2.45, 2.75) is 32.1 Å². The fourth-order valence-corrected chi connectivity index (χ4v) is 2.92. The zero-order valence-corrected chi connectivity index (χ0v) is 12.2. The summed E-state index contributed by atoms with van der Waals surface area (Å²) < 4.78 is 0. The first-order valence-electron chi connectivity index (χ1n) is 7.07. The molecule has 0 radical (unpaired) electrons. The lowest BCUT2D eigenvalue weighted by molar-refractivity contribution is 0.446. The number of benzene rings is 2. The van der Waals surface area contributed by atoms with Gasteiger partial charge in [0.15, 0.2) is 0 Å². The first kappa shape index (κ1) is 13.0. The van der Waals surface area contributed by atoms with Crippen molar-refractivity contribution in [3.63, 3.8) is 0 Å². The van der Waals surface area contributed by atoms with Crippen LogP contribution in [0.1, 0.15) is 48.9 Å². The number of aromatic hydroxyl groups is 1. The fraction of sp³-hybridized carbons (Fsp3) is 0.263. The van der Waals surface area contributed by atoms with E-state index in [2.05, 4.69) is 69.3 Å². The molecule has 20 heavy (non-hydrogen) atoms. The van der Waals surface area contributed by atoms with E-state index < -0.39 is 0 Å². The normalized spacial score (nSPS) is 17.2. The van der Waals surface area contributed by atoms with Gasteiger partial charge in [-0.05, 0) is 33.7 Å². The maximum Gasteiger partial charge on any atom is 0.119 e. The third-order valence-electron chi connectivity index (χ3n) is 3.99. The van der Waals surface area contributed by atoms with Gasteiger partial charge in [0.25, 0.3) is 0 Å². The number of fused-ring (bicyclic) bond motifs is 1. The lowest BCUT2D eigenvalue weighted by Gasteiger charge is -2.22. The summed E-state index contributed by atoms with van der Waals surface area (Å²) in [4.78, 5) is 0. The molecular weight excluding hydrogens is 244 g/mol. The fourth-order valence-electron chi connectivity index (χ4n) is 2.92. The molecule has 0 spiro atoms. The third kappa shape index (κ3) is 2.14. The molecule has 0 saturated heterocycles. The number of allylic oxidation sites excluding steroid dienone is 1. The molecule has 3 rings (SSSR count). The first-order chi connectivity index (χ1) is 9.47. The van der Waals surface area contributed by atoms with Crippen molar-refractivity contribution in [2.24, 2.45) is 0 Å². The van der Waals surface area contributed by atoms with E-state index in [9.17, 15) is 5.11 Å². The van der Waals surface area contributed by atoms with E-state index in [0.717, 1.165) is 11.1 Å². The number of phenolic OH excluding ortho intramolecular Hbond substituents is 1. The monoisotopic (exact) mass is 264 g/mol. The molecule has 102 valence electrons. The highest BCUT2D eigenvalue weighted by molar-refractivity contribution is 5.65. The smallest absolute Gasteiger partial charge is 0.119 e. The van der Waals surface area contributed by atoms with Crippen LogP contribution in [-0.4, -0.2) is 5.11 Å². The van der Waals surface area contributed by atoms with Crippen molar-refractivity contribution < 1.29 is 5.11 Å². The van der Waals surface area contributed by atoms with Crippen LogP contribution in [0.5, 0.6) is 5.75 Å². The molecule has 1 aliphatic rings. The van der Waals surface area contributed by atoms with Crippen LogP contribution in [0.25, 0.3) is 6.08 Å². The molecule has 0 heterocycles. The summed E-state index contributed by atoms with van der Waals surface area (Å²) in [6.45, 7) is 6.35. The molecule has 2 aromatic rings. The van der Waals surface area contributed by atoms with E-state index >= 15 is 0 Å². The van der Waals surface area contributed by atoms with Crippen LogP contribution in [0.15, 0.2) is 48.5 Å². The van der Waals surface area contributed by atoms with Crippen LogP contribution in [0.4, 0.5) is 0 Å². The predicted molar refractivity (Wildman–Crippen MR) is 84.1 cm³/mol. The minimum atomic E-state index is -0.0357. The summed E-state index contributed by atoms with van der Waals surface area (Å²) in [5.74, 6) is 0.652. The molecule has 1 aliphatic carbocycles. The Morgan fingerprint density at radius 2 is 1.75 bits per heavy atom. The van der Waals surface area contributed by atoms with Gasteiger partial charge in [0.1, 0.15) is 5.75 Å². The van der Waals surface area contributed by atoms with Crippen molar-refractivity contribution in [1.29, 1.82) is 0 Å². The molecule has 1 atom stereocenters. The summed E-state index contributed by atoms with van der Waals surface area (Å²) in [5.41, 5.74) is 4.70. The molecule has 0 saturated carbocycles. The highest BCUT2D eigenvalue weighted by Crippen LogP contribution is 2.38. The highest BCUT2D eigenvalue weighted by atomic mass is 16.3. The minimum absolute atomic E-state index is 0.0357. The quantitative estimate of drug-likeness (QED) is 0.780. The molecule has 2 aromatic carbocycles. The third-order valence-corrected chi connectivity index (χ3v) is 3.99. The Morgan fingerprint density at radius 3 is 2.45 bits per heavy atom. The lowest BCUT2D eigenvalue weighted by Crippen LogP contribution is -2.11. The summed E-state index contributed by atoms with van der Waals surface area (Å²) in [5, 5.41) is 10.3. The number of phenols is 1. The molecule has 0 aromatic heterocycles. The molecular formula is C19H20O. The van der Waals surface area contributed by atoms with Gasteiger partial charge < -0.3 is 5.11 Å². The zero-order valence-electron chi connectivity index (χ0n) is 12.2. The Bertz CT molecular complexity index is 674. The zero-order chi connectivity index (χ0) is 14.3. The summed E-state index contributed by atoms with van der Waals surface area (Å²) >= 11 is 0. The van der Waals surface area contributed by atoms with Gasteiger partial charge in [-0.3, -0.25) is 0 Å². The van der Waals surface area contributed by atoms with Crippen LogP contribution >= 0.6 is 0 Å². The average molecular weight is 264 g/mol. The van der Waals surface area contributed by atoms with Gasteiger partial charge in [0, 0.05) is 5.92 Å². The molecule has 1 unspecified atom stereocenters. The van der Waals surface area contributed by atoms with Crippen LogP contribution in [0.3, 0.4) is 0 Å². The molecule has 0 amide bonds. The van der Waals surface area contributed by atoms with Crippen molar-refractivity contribution in [3.05, 3.63) is 70.8 Å². The number of rotatable bonds is 1. The first-order valence-corrected chi connectivity index (χ1v) is 7.07. The number of hydrogen-bond acceptors (Lipinski definition) is 1. The van der Waals surface area contributed by atoms with Crippen LogP contribution in [0, 0.1) is 0 Å². The van der Waals surface area contributed by atoms with Crippen LogP contribution in [-0.2, 0) is 5.41 Å². The highest BCUT2D eigenvalue weighted by Gasteiger charge is 2.22. The van der Waals surface area contributed by atoms with Gasteiger partial charge in [-0.2, -0.15) is 0 Å². The molecule has 1 nitrogen and oxygen atoms in total. The van der Waals surface area contributed by atoms with E-state index in [-0.39, 0.29) is 11.3 Å². The van der Waals surface area contributed by atoms with Gasteiger partial charge in [-0.25, -0.2) is 0 Å². The van der Waals surface area contributed by atoms with Crippen LogP contribution < -0.4 is 0 Å². The van der Waals surface area contributed by atoms with Gasteiger partial charge in [-0.15, -0.1) is 0 Å². The van der Waals surface area contributed by atoms with E-state index in [0.29, 0.717) is 5.75 Å². The second kappa shape index (κ2) is 4.52. The summed E-state index contributed by atoms with van der Waals surface area (Å²) in [6.07, 6.45) is 4.37. The topological polar surface area (TPSA) is 20.2 Å². The van der Waals surface area contributed by atoms with Crippen molar-refractivity contribution in [2.75, 3.05) is 0 Å². The summed E-state index contributed by atoms with van der Waals surface area (Å²) in [6, 6.07) is 14.5. The van der Waals surface area contributed by atoms with Gasteiger partial charge in [0.2, 0.25) is 0 Å². The second-order valence-corrected chi connectivity index (χ2v) is 6.49.